The summed E-state index contributed by atoms with van der Waals surface area (Å²) in [6.45, 7) is 0.991. The first-order valence-corrected chi connectivity index (χ1v) is 7.76. The van der Waals surface area contributed by atoms with E-state index in [1.807, 2.05) is 54.6 Å². The highest BCUT2D eigenvalue weighted by Gasteiger charge is 2.05. The van der Waals surface area contributed by atoms with Crippen molar-refractivity contribution in [2.24, 2.45) is 0 Å². The summed E-state index contributed by atoms with van der Waals surface area (Å²) in [6.07, 6.45) is 1.60. The van der Waals surface area contributed by atoms with E-state index in [0.717, 1.165) is 16.9 Å². The van der Waals surface area contributed by atoms with E-state index < -0.39 is 0 Å². The number of aromatic nitrogens is 1. The largest absolute Gasteiger partial charge is 0.489 e. The van der Waals surface area contributed by atoms with E-state index in [1.54, 1.807) is 24.4 Å². The maximum absolute atomic E-state index is 11.9. The number of pyridine rings is 1. The molecule has 1 aromatic heterocycles. The number of benzene rings is 2. The van der Waals surface area contributed by atoms with Crippen LogP contribution in [-0.4, -0.2) is 10.9 Å². The Labute approximate surface area is 141 Å². The maximum atomic E-state index is 11.9. The molecule has 0 atom stereocenters. The van der Waals surface area contributed by atoms with E-state index in [0.29, 0.717) is 18.8 Å². The third-order valence-electron chi connectivity index (χ3n) is 3.52. The molecule has 0 saturated heterocycles. The lowest BCUT2D eigenvalue weighted by atomic mass is 10.2. The first-order valence-electron chi connectivity index (χ1n) is 7.76. The normalized spacial score (nSPS) is 10.2. The molecule has 0 aliphatic rings. The van der Waals surface area contributed by atoms with Crippen LogP contribution in [0.15, 0.2) is 79.0 Å². The minimum absolute atomic E-state index is 0.181. The number of carbonyl (C=O) groups excluding carboxylic acids is 1. The molecular formula is C20H18N2O2. The van der Waals surface area contributed by atoms with Crippen LogP contribution >= 0.6 is 0 Å². The summed E-state index contributed by atoms with van der Waals surface area (Å²) in [5, 5.41) is 2.85. The second kappa shape index (κ2) is 7.92. The van der Waals surface area contributed by atoms with Crippen LogP contribution in [0, 0.1) is 0 Å². The molecule has 0 spiro atoms. The van der Waals surface area contributed by atoms with E-state index in [-0.39, 0.29) is 5.91 Å². The number of hydrogen-bond acceptors (Lipinski definition) is 3. The van der Waals surface area contributed by atoms with E-state index in [2.05, 4.69) is 10.3 Å². The lowest BCUT2D eigenvalue weighted by Gasteiger charge is -2.08. The highest BCUT2D eigenvalue weighted by molar-refractivity contribution is 5.92. The molecule has 3 rings (SSSR count). The number of hydrogen-bond donors (Lipinski definition) is 1. The summed E-state index contributed by atoms with van der Waals surface area (Å²) < 4.78 is 5.74. The van der Waals surface area contributed by atoms with Crippen molar-refractivity contribution in [2.45, 2.75) is 13.2 Å². The van der Waals surface area contributed by atoms with Crippen molar-refractivity contribution >= 4 is 5.91 Å². The van der Waals surface area contributed by atoms with Gasteiger partial charge in [-0.25, -0.2) is 0 Å². The number of carbonyl (C=O) groups is 1. The molecule has 0 saturated carbocycles. The second-order valence-corrected chi connectivity index (χ2v) is 5.32. The minimum Gasteiger partial charge on any atom is -0.489 e. The van der Waals surface area contributed by atoms with Gasteiger partial charge in [-0.3, -0.25) is 9.78 Å². The summed E-state index contributed by atoms with van der Waals surface area (Å²) in [6, 6.07) is 23.0. The van der Waals surface area contributed by atoms with E-state index in [1.165, 1.54) is 0 Å². The summed E-state index contributed by atoms with van der Waals surface area (Å²) in [5.41, 5.74) is 2.55. The summed E-state index contributed by atoms with van der Waals surface area (Å²) in [4.78, 5) is 16.0. The number of ether oxygens (including phenoxy) is 1. The van der Waals surface area contributed by atoms with Gasteiger partial charge in [0, 0.05) is 12.7 Å². The van der Waals surface area contributed by atoms with Gasteiger partial charge in [0.2, 0.25) is 0 Å². The zero-order valence-electron chi connectivity index (χ0n) is 13.2. The molecule has 0 aliphatic carbocycles. The van der Waals surface area contributed by atoms with Gasteiger partial charge < -0.3 is 10.1 Å². The van der Waals surface area contributed by atoms with E-state index >= 15 is 0 Å². The van der Waals surface area contributed by atoms with Crippen LogP contribution in [0.1, 0.15) is 21.6 Å². The van der Waals surface area contributed by atoms with Gasteiger partial charge in [-0.05, 0) is 35.4 Å². The zero-order valence-corrected chi connectivity index (χ0v) is 13.2. The molecule has 3 aromatic rings. The zero-order chi connectivity index (χ0) is 16.6. The van der Waals surface area contributed by atoms with Gasteiger partial charge in [0.25, 0.3) is 5.91 Å². The standard InChI is InChI=1S/C20H18N2O2/c23-20(19-8-4-5-13-21-19)22-14-16-9-11-18(12-10-16)24-15-17-6-2-1-3-7-17/h1-13H,14-15H2,(H,22,23). The van der Waals surface area contributed by atoms with Crippen LogP contribution in [0.2, 0.25) is 0 Å². The van der Waals surface area contributed by atoms with E-state index in [4.69, 9.17) is 4.74 Å². The molecule has 1 N–H and O–H groups in total. The Bertz CT molecular complexity index is 772. The van der Waals surface area contributed by atoms with Gasteiger partial charge in [0.1, 0.15) is 18.1 Å². The minimum atomic E-state index is -0.181. The van der Waals surface area contributed by atoms with Crippen molar-refractivity contribution in [3.8, 4) is 5.75 Å². The Hall–Kier alpha value is -3.14. The van der Waals surface area contributed by atoms with Crippen LogP contribution in [0.4, 0.5) is 0 Å². The molecule has 0 fully saturated rings. The van der Waals surface area contributed by atoms with Gasteiger partial charge >= 0.3 is 0 Å². The maximum Gasteiger partial charge on any atom is 0.270 e. The van der Waals surface area contributed by atoms with Gasteiger partial charge in [0.15, 0.2) is 0 Å². The smallest absolute Gasteiger partial charge is 0.270 e. The molecule has 4 nitrogen and oxygen atoms in total. The lowest BCUT2D eigenvalue weighted by molar-refractivity contribution is 0.0946. The highest BCUT2D eigenvalue weighted by atomic mass is 16.5. The number of nitrogens with zero attached hydrogens (tertiary/aromatic N) is 1. The number of rotatable bonds is 6. The Morgan fingerprint density at radius 2 is 1.62 bits per heavy atom. The molecule has 1 heterocycles. The first kappa shape index (κ1) is 15.7. The predicted molar refractivity (Wildman–Crippen MR) is 92.6 cm³/mol. The van der Waals surface area contributed by atoms with Crippen LogP contribution in [-0.2, 0) is 13.2 Å². The van der Waals surface area contributed by atoms with Crippen molar-refractivity contribution in [2.75, 3.05) is 0 Å². The summed E-state index contributed by atoms with van der Waals surface area (Å²) >= 11 is 0. The van der Waals surface area contributed by atoms with Crippen molar-refractivity contribution in [1.82, 2.24) is 10.3 Å². The molecule has 2 aromatic carbocycles. The molecular weight excluding hydrogens is 300 g/mol. The van der Waals surface area contributed by atoms with Gasteiger partial charge in [-0.2, -0.15) is 0 Å². The van der Waals surface area contributed by atoms with Crippen molar-refractivity contribution in [3.63, 3.8) is 0 Å². The Kier molecular flexibility index (Phi) is 5.20. The van der Waals surface area contributed by atoms with Crippen molar-refractivity contribution in [1.29, 1.82) is 0 Å². The van der Waals surface area contributed by atoms with Crippen molar-refractivity contribution < 1.29 is 9.53 Å². The summed E-state index contributed by atoms with van der Waals surface area (Å²) in [7, 11) is 0. The Morgan fingerprint density at radius 3 is 2.33 bits per heavy atom. The highest BCUT2D eigenvalue weighted by Crippen LogP contribution is 2.14. The third-order valence-corrected chi connectivity index (χ3v) is 3.52. The van der Waals surface area contributed by atoms with Crippen LogP contribution in [0.5, 0.6) is 5.75 Å². The molecule has 1 amide bonds. The molecule has 0 unspecified atom stereocenters. The van der Waals surface area contributed by atoms with Crippen LogP contribution < -0.4 is 10.1 Å². The summed E-state index contributed by atoms with van der Waals surface area (Å²) in [5.74, 6) is 0.624. The lowest BCUT2D eigenvalue weighted by Crippen LogP contribution is -2.23. The fourth-order valence-corrected chi connectivity index (χ4v) is 2.21. The van der Waals surface area contributed by atoms with Gasteiger partial charge in [-0.15, -0.1) is 0 Å². The van der Waals surface area contributed by atoms with Crippen molar-refractivity contribution in [3.05, 3.63) is 95.8 Å². The molecule has 120 valence electrons. The molecule has 0 radical (unpaired) electrons. The second-order valence-electron chi connectivity index (χ2n) is 5.32. The monoisotopic (exact) mass is 318 g/mol. The van der Waals surface area contributed by atoms with Crippen LogP contribution in [0.25, 0.3) is 0 Å². The average molecular weight is 318 g/mol. The van der Waals surface area contributed by atoms with Gasteiger partial charge in [0.05, 0.1) is 0 Å². The topological polar surface area (TPSA) is 51.2 Å². The number of amides is 1. The molecule has 0 aliphatic heterocycles. The molecule has 4 heteroatoms. The molecule has 24 heavy (non-hydrogen) atoms. The fourth-order valence-electron chi connectivity index (χ4n) is 2.21. The SMILES string of the molecule is O=C(NCc1ccc(OCc2ccccc2)cc1)c1ccccn1. The predicted octanol–water partition coefficient (Wildman–Crippen LogP) is 3.59. The van der Waals surface area contributed by atoms with Crippen LogP contribution in [0.3, 0.4) is 0 Å². The first-order chi connectivity index (χ1) is 11.8. The Morgan fingerprint density at radius 1 is 0.875 bits per heavy atom. The average Bonchev–Trinajstić information content (AvgIpc) is 2.67. The third kappa shape index (κ3) is 4.43. The van der Waals surface area contributed by atoms with E-state index in [9.17, 15) is 4.79 Å². The molecule has 0 bridgehead atoms. The fraction of sp³-hybridized carbons (Fsp3) is 0.100. The quantitative estimate of drug-likeness (QED) is 0.755. The Balaban J connectivity index is 1.50. The van der Waals surface area contributed by atoms with Gasteiger partial charge in [-0.1, -0.05) is 48.5 Å². The number of nitrogens with one attached hydrogen (secondary N) is 1.